The van der Waals surface area contributed by atoms with Gasteiger partial charge in [-0.3, -0.25) is 4.79 Å². The third-order valence-electron chi connectivity index (χ3n) is 5.71. The zero-order chi connectivity index (χ0) is 24.1. The zero-order valence-electron chi connectivity index (χ0n) is 18.9. The summed E-state index contributed by atoms with van der Waals surface area (Å²) in [7, 11) is 0. The average Bonchev–Trinajstić information content (AvgIpc) is 3.08. The smallest absolute Gasteiger partial charge is 0.407 e. The molecule has 0 spiro atoms. The van der Waals surface area contributed by atoms with Crippen LogP contribution in [0.25, 0.3) is 11.1 Å². The van der Waals surface area contributed by atoms with Gasteiger partial charge in [-0.2, -0.15) is 0 Å². The monoisotopic (exact) mass is 454 g/mol. The van der Waals surface area contributed by atoms with Crippen molar-refractivity contribution >= 4 is 18.0 Å². The fraction of sp³-hybridized carbons (Fsp3) is 0.400. The first kappa shape index (κ1) is 24.3. The van der Waals surface area contributed by atoms with Gasteiger partial charge in [0.25, 0.3) is 0 Å². The fourth-order valence-electron chi connectivity index (χ4n) is 4.13. The summed E-state index contributed by atoms with van der Waals surface area (Å²) < 4.78 is 5.51. The number of fused-ring (bicyclic) bond motifs is 3. The van der Waals surface area contributed by atoms with Gasteiger partial charge in [0.1, 0.15) is 12.6 Å². The molecular formula is C25H30N2O6. The Kier molecular flexibility index (Phi) is 7.71. The molecule has 8 heteroatoms. The van der Waals surface area contributed by atoms with Crippen LogP contribution in [0.4, 0.5) is 4.79 Å². The molecule has 0 saturated carbocycles. The number of aliphatic carboxylic acids is 1. The number of carbonyl (C=O) groups is 3. The highest BCUT2D eigenvalue weighted by Crippen LogP contribution is 2.44. The van der Waals surface area contributed by atoms with Crippen LogP contribution in [-0.4, -0.2) is 53.0 Å². The van der Waals surface area contributed by atoms with Gasteiger partial charge in [0, 0.05) is 5.92 Å². The van der Waals surface area contributed by atoms with E-state index in [-0.39, 0.29) is 24.9 Å². The lowest BCUT2D eigenvalue weighted by Gasteiger charge is -2.24. The van der Waals surface area contributed by atoms with Gasteiger partial charge < -0.3 is 25.6 Å². The number of carboxylic acids is 1. The predicted molar refractivity (Wildman–Crippen MR) is 123 cm³/mol. The number of benzene rings is 2. The number of carboxylic acid groups (broad SMARTS) is 1. The molecule has 0 radical (unpaired) electrons. The second-order valence-electron chi connectivity index (χ2n) is 8.72. The van der Waals surface area contributed by atoms with Crippen molar-refractivity contribution in [1.82, 2.24) is 10.6 Å². The quantitative estimate of drug-likeness (QED) is 0.462. The van der Waals surface area contributed by atoms with Gasteiger partial charge in [-0.05, 0) is 41.5 Å². The second kappa shape index (κ2) is 10.5. The van der Waals surface area contributed by atoms with Crippen molar-refractivity contribution in [1.29, 1.82) is 0 Å². The van der Waals surface area contributed by atoms with E-state index in [2.05, 4.69) is 10.6 Å². The molecule has 33 heavy (non-hydrogen) atoms. The third-order valence-corrected chi connectivity index (χ3v) is 5.71. The summed E-state index contributed by atoms with van der Waals surface area (Å²) in [4.78, 5) is 36.6. The van der Waals surface area contributed by atoms with E-state index >= 15 is 0 Å². The Bertz CT molecular complexity index is 974. The van der Waals surface area contributed by atoms with Crippen molar-refractivity contribution in [3.8, 4) is 11.1 Å². The molecule has 2 amide bonds. The Morgan fingerprint density at radius 3 is 1.97 bits per heavy atom. The van der Waals surface area contributed by atoms with Gasteiger partial charge in [-0.15, -0.1) is 0 Å². The lowest BCUT2D eigenvalue weighted by molar-refractivity contribution is -0.145. The summed E-state index contributed by atoms with van der Waals surface area (Å²) in [5.41, 5.74) is 4.36. The minimum Gasteiger partial charge on any atom is -0.480 e. The Labute approximate surface area is 193 Å². The van der Waals surface area contributed by atoms with E-state index in [1.165, 1.54) is 6.92 Å². The SMILES string of the molecule is CC(C)C[C@H](NC(=O)OCC1c2ccccc2-c2ccccc21)C(=O)N[C@H](C(=O)O)[C@@H](C)O. The molecular weight excluding hydrogens is 424 g/mol. The van der Waals surface area contributed by atoms with E-state index in [1.807, 2.05) is 62.4 Å². The zero-order valence-corrected chi connectivity index (χ0v) is 18.9. The standard InChI is InChI=1S/C25H30N2O6/c1-14(2)12-21(23(29)27-22(15(3)28)24(30)31)26-25(32)33-13-20-18-10-6-4-8-16(18)17-9-5-7-11-19(17)20/h4-11,14-15,20-22,28H,12-13H2,1-3H3,(H,26,32)(H,27,29)(H,30,31)/t15-,21+,22+/m1/s1. The van der Waals surface area contributed by atoms with Crippen molar-refractivity contribution in [3.63, 3.8) is 0 Å². The fourth-order valence-corrected chi connectivity index (χ4v) is 4.13. The van der Waals surface area contributed by atoms with Gasteiger partial charge in [0.15, 0.2) is 6.04 Å². The van der Waals surface area contributed by atoms with Crippen LogP contribution in [0.2, 0.25) is 0 Å². The van der Waals surface area contributed by atoms with Gasteiger partial charge in [-0.25, -0.2) is 9.59 Å². The number of nitrogens with one attached hydrogen (secondary N) is 2. The average molecular weight is 455 g/mol. The summed E-state index contributed by atoms with van der Waals surface area (Å²) in [5, 5.41) is 23.7. The van der Waals surface area contributed by atoms with Crippen LogP contribution in [0.1, 0.15) is 44.2 Å². The van der Waals surface area contributed by atoms with Crippen molar-refractivity contribution in [3.05, 3.63) is 59.7 Å². The molecule has 8 nitrogen and oxygen atoms in total. The molecule has 0 aromatic heterocycles. The minimum atomic E-state index is -1.48. The highest BCUT2D eigenvalue weighted by atomic mass is 16.5. The maximum Gasteiger partial charge on any atom is 0.407 e. The topological polar surface area (TPSA) is 125 Å². The number of aliphatic hydroxyl groups excluding tert-OH is 1. The molecule has 0 bridgehead atoms. The summed E-state index contributed by atoms with van der Waals surface area (Å²) >= 11 is 0. The molecule has 3 rings (SSSR count). The number of amides is 2. The molecule has 0 unspecified atom stereocenters. The van der Waals surface area contributed by atoms with E-state index in [0.29, 0.717) is 0 Å². The van der Waals surface area contributed by atoms with Crippen molar-refractivity contribution in [2.45, 2.75) is 51.3 Å². The molecule has 1 aliphatic carbocycles. The number of carbonyl (C=O) groups excluding carboxylic acids is 2. The number of alkyl carbamates (subject to hydrolysis) is 1. The van der Waals surface area contributed by atoms with Crippen LogP contribution < -0.4 is 10.6 Å². The van der Waals surface area contributed by atoms with E-state index < -0.39 is 36.2 Å². The molecule has 2 aromatic rings. The highest BCUT2D eigenvalue weighted by molar-refractivity contribution is 5.89. The van der Waals surface area contributed by atoms with Crippen LogP contribution in [0.3, 0.4) is 0 Å². The molecule has 0 fully saturated rings. The number of ether oxygens (including phenoxy) is 1. The molecule has 0 heterocycles. The second-order valence-corrected chi connectivity index (χ2v) is 8.72. The number of hydrogen-bond donors (Lipinski definition) is 4. The largest absolute Gasteiger partial charge is 0.480 e. The lowest BCUT2D eigenvalue weighted by Crippen LogP contribution is -2.55. The third kappa shape index (κ3) is 5.70. The summed E-state index contributed by atoms with van der Waals surface area (Å²) in [5.74, 6) is -2.12. The normalized spacial score (nSPS) is 15.2. The number of hydrogen-bond acceptors (Lipinski definition) is 5. The van der Waals surface area contributed by atoms with Crippen LogP contribution >= 0.6 is 0 Å². The van der Waals surface area contributed by atoms with Gasteiger partial charge in [0.2, 0.25) is 5.91 Å². The first-order valence-electron chi connectivity index (χ1n) is 11.0. The maximum absolute atomic E-state index is 12.7. The van der Waals surface area contributed by atoms with E-state index in [9.17, 15) is 24.6 Å². The maximum atomic E-state index is 12.7. The van der Waals surface area contributed by atoms with Crippen LogP contribution in [0, 0.1) is 5.92 Å². The van der Waals surface area contributed by atoms with Gasteiger partial charge in [-0.1, -0.05) is 62.4 Å². The molecule has 3 atom stereocenters. The molecule has 2 aromatic carbocycles. The van der Waals surface area contributed by atoms with E-state index in [0.717, 1.165) is 22.3 Å². The molecule has 4 N–H and O–H groups in total. The molecule has 0 saturated heterocycles. The van der Waals surface area contributed by atoms with E-state index in [1.54, 1.807) is 0 Å². The van der Waals surface area contributed by atoms with Crippen molar-refractivity contribution in [2.75, 3.05) is 6.61 Å². The van der Waals surface area contributed by atoms with Crippen molar-refractivity contribution < 1.29 is 29.3 Å². The van der Waals surface area contributed by atoms with Gasteiger partial charge >= 0.3 is 12.1 Å². The Balaban J connectivity index is 1.67. The summed E-state index contributed by atoms with van der Waals surface area (Å²) in [6.45, 7) is 5.13. The molecule has 0 aliphatic heterocycles. The lowest BCUT2D eigenvalue weighted by atomic mass is 9.98. The van der Waals surface area contributed by atoms with Gasteiger partial charge in [0.05, 0.1) is 6.10 Å². The Morgan fingerprint density at radius 2 is 1.48 bits per heavy atom. The Hall–Kier alpha value is -3.39. The number of aliphatic hydroxyl groups is 1. The summed E-state index contributed by atoms with van der Waals surface area (Å²) in [6, 6.07) is 13.5. The predicted octanol–water partition coefficient (Wildman–Crippen LogP) is 2.89. The van der Waals surface area contributed by atoms with Crippen LogP contribution in [-0.2, 0) is 14.3 Å². The highest BCUT2D eigenvalue weighted by Gasteiger charge is 2.32. The number of rotatable bonds is 9. The minimum absolute atomic E-state index is 0.0458. The summed E-state index contributed by atoms with van der Waals surface area (Å²) in [6.07, 6.45) is -1.77. The first-order valence-corrected chi connectivity index (χ1v) is 11.0. The van der Waals surface area contributed by atoms with Crippen molar-refractivity contribution in [2.24, 2.45) is 5.92 Å². The van der Waals surface area contributed by atoms with Crippen LogP contribution in [0.15, 0.2) is 48.5 Å². The first-order chi connectivity index (χ1) is 15.7. The van der Waals surface area contributed by atoms with E-state index in [4.69, 9.17) is 4.74 Å². The molecule has 176 valence electrons. The molecule has 1 aliphatic rings. The van der Waals surface area contributed by atoms with Crippen LogP contribution in [0.5, 0.6) is 0 Å². The Morgan fingerprint density at radius 1 is 0.939 bits per heavy atom.